The Bertz CT molecular complexity index is 1210. The van der Waals surface area contributed by atoms with Crippen LogP contribution in [-0.4, -0.2) is 28.0 Å². The molecule has 0 amide bonds. The number of halogens is 2. The van der Waals surface area contributed by atoms with Crippen LogP contribution in [0.25, 0.3) is 16.7 Å². The molecule has 0 radical (unpaired) electrons. The third-order valence-electron chi connectivity index (χ3n) is 4.33. The summed E-state index contributed by atoms with van der Waals surface area (Å²) >= 11 is 6.08. The number of benzene rings is 2. The number of ether oxygens (including phenoxy) is 1. The fourth-order valence-corrected chi connectivity index (χ4v) is 3.09. The van der Waals surface area contributed by atoms with Crippen LogP contribution in [0.3, 0.4) is 0 Å². The molecule has 0 aliphatic carbocycles. The molecule has 1 heterocycles. The first-order valence-electron chi connectivity index (χ1n) is 8.99. The number of hydrogen-bond acceptors (Lipinski definition) is 5. The van der Waals surface area contributed by atoms with Crippen LogP contribution in [0.1, 0.15) is 18.1 Å². The average Bonchev–Trinajstić information content (AvgIpc) is 2.71. The largest absolute Gasteiger partial charge is 0.507 e. The number of aliphatic hydroxyl groups excluding tert-OH is 1. The number of pyridine rings is 1. The number of carbonyl (C=O) groups excluding carboxylic acids is 2. The van der Waals surface area contributed by atoms with Gasteiger partial charge in [0.2, 0.25) is 0 Å². The molecule has 0 spiro atoms. The Hall–Kier alpha value is -3.45. The lowest BCUT2D eigenvalue weighted by Crippen LogP contribution is -2.18. The maximum absolute atomic E-state index is 13.2. The van der Waals surface area contributed by atoms with Gasteiger partial charge in [-0.25, -0.2) is 9.18 Å². The lowest BCUT2D eigenvalue weighted by atomic mass is 10.1. The van der Waals surface area contributed by atoms with E-state index in [1.807, 2.05) is 0 Å². The molecule has 6 nitrogen and oxygen atoms in total. The molecule has 1 N–H and O–H groups in total. The molecule has 0 saturated carbocycles. The van der Waals surface area contributed by atoms with Crippen molar-refractivity contribution in [2.24, 2.45) is 0 Å². The summed E-state index contributed by atoms with van der Waals surface area (Å²) in [5.74, 6) is -3.27. The Morgan fingerprint density at radius 1 is 1.20 bits per heavy atom. The highest BCUT2D eigenvalue weighted by Gasteiger charge is 2.17. The fraction of sp³-hybridized carbons (Fsp3) is 0.136. The second-order valence-corrected chi connectivity index (χ2v) is 6.84. The van der Waals surface area contributed by atoms with E-state index >= 15 is 0 Å². The van der Waals surface area contributed by atoms with Crippen molar-refractivity contribution in [1.82, 2.24) is 4.57 Å². The molecule has 0 aliphatic heterocycles. The number of nitrogens with zero attached hydrogens (tertiary/aromatic N) is 1. The van der Waals surface area contributed by atoms with Gasteiger partial charge in [0, 0.05) is 29.2 Å². The van der Waals surface area contributed by atoms with Crippen molar-refractivity contribution in [1.29, 1.82) is 0 Å². The third kappa shape index (κ3) is 4.58. The molecule has 0 bridgehead atoms. The van der Waals surface area contributed by atoms with Crippen LogP contribution in [0, 0.1) is 5.82 Å². The van der Waals surface area contributed by atoms with Crippen LogP contribution < -0.4 is 5.43 Å². The predicted octanol–water partition coefficient (Wildman–Crippen LogP) is 3.87. The van der Waals surface area contributed by atoms with Crippen molar-refractivity contribution in [3.63, 3.8) is 0 Å². The zero-order valence-electron chi connectivity index (χ0n) is 15.9. The topological polar surface area (TPSA) is 85.6 Å². The minimum Gasteiger partial charge on any atom is -0.507 e. The van der Waals surface area contributed by atoms with Crippen LogP contribution >= 0.6 is 11.6 Å². The molecule has 0 saturated heterocycles. The first kappa shape index (κ1) is 21.3. The number of carbonyl (C=O) groups is 2. The predicted molar refractivity (Wildman–Crippen MR) is 111 cm³/mol. The van der Waals surface area contributed by atoms with E-state index in [-0.39, 0.29) is 29.9 Å². The summed E-state index contributed by atoms with van der Waals surface area (Å²) in [6, 6.07) is 10.4. The number of hydrogen-bond donors (Lipinski definition) is 1. The number of rotatable bonds is 6. The number of aromatic nitrogens is 1. The molecule has 8 heteroatoms. The highest BCUT2D eigenvalue weighted by Crippen LogP contribution is 2.21. The Balaban J connectivity index is 2.13. The zero-order chi connectivity index (χ0) is 21.8. The van der Waals surface area contributed by atoms with E-state index in [1.165, 1.54) is 37.4 Å². The summed E-state index contributed by atoms with van der Waals surface area (Å²) in [6.07, 6.45) is 2.01. The van der Waals surface area contributed by atoms with E-state index in [2.05, 4.69) is 4.74 Å². The number of aliphatic hydroxyl groups is 1. The number of ketones is 1. The molecule has 3 rings (SSSR count). The summed E-state index contributed by atoms with van der Waals surface area (Å²) < 4.78 is 19.5. The van der Waals surface area contributed by atoms with Gasteiger partial charge in [0.25, 0.3) is 5.78 Å². The molecular weight excluding hydrogens is 413 g/mol. The highest BCUT2D eigenvalue weighted by atomic mass is 35.5. The van der Waals surface area contributed by atoms with E-state index in [4.69, 9.17) is 11.6 Å². The van der Waals surface area contributed by atoms with E-state index in [0.717, 1.165) is 5.56 Å². The molecule has 30 heavy (non-hydrogen) atoms. The van der Waals surface area contributed by atoms with Gasteiger partial charge in [0.1, 0.15) is 11.6 Å². The Labute approximate surface area is 175 Å². The van der Waals surface area contributed by atoms with E-state index in [1.54, 1.807) is 22.8 Å². The average molecular weight is 430 g/mol. The van der Waals surface area contributed by atoms with Crippen LogP contribution in [-0.2, 0) is 20.9 Å². The smallest absolute Gasteiger partial charge is 0.379 e. The molecule has 154 valence electrons. The lowest BCUT2D eigenvalue weighted by Gasteiger charge is -2.14. The minimum atomic E-state index is -1.14. The third-order valence-corrected chi connectivity index (χ3v) is 4.57. The molecular formula is C22H17ClFNO5. The molecule has 2 aromatic carbocycles. The molecule has 0 unspecified atom stereocenters. The van der Waals surface area contributed by atoms with Gasteiger partial charge in [0.15, 0.2) is 5.43 Å². The summed E-state index contributed by atoms with van der Waals surface area (Å²) in [5.41, 5.74) is 0.510. The molecule has 0 aliphatic rings. The van der Waals surface area contributed by atoms with Gasteiger partial charge in [-0.05, 0) is 42.8 Å². The molecule has 0 fully saturated rings. The van der Waals surface area contributed by atoms with Gasteiger partial charge in [-0.2, -0.15) is 0 Å². The van der Waals surface area contributed by atoms with Crippen molar-refractivity contribution in [2.45, 2.75) is 13.5 Å². The Kier molecular flexibility index (Phi) is 6.32. The monoisotopic (exact) mass is 429 g/mol. The van der Waals surface area contributed by atoms with E-state index in [0.29, 0.717) is 16.6 Å². The highest BCUT2D eigenvalue weighted by molar-refractivity contribution is 6.39. The summed E-state index contributed by atoms with van der Waals surface area (Å²) in [7, 11) is 0. The Morgan fingerprint density at radius 3 is 2.57 bits per heavy atom. The summed E-state index contributed by atoms with van der Waals surface area (Å²) in [6.45, 7) is 1.78. The summed E-state index contributed by atoms with van der Waals surface area (Å²) in [4.78, 5) is 36.3. The number of esters is 1. The zero-order valence-corrected chi connectivity index (χ0v) is 16.6. The first-order valence-corrected chi connectivity index (χ1v) is 9.37. The van der Waals surface area contributed by atoms with Gasteiger partial charge in [-0.1, -0.05) is 23.7 Å². The second-order valence-electron chi connectivity index (χ2n) is 6.40. The molecule has 3 aromatic rings. The van der Waals surface area contributed by atoms with Gasteiger partial charge in [-0.3, -0.25) is 9.59 Å². The quantitative estimate of drug-likeness (QED) is 0.278. The van der Waals surface area contributed by atoms with Crippen molar-refractivity contribution < 1.29 is 23.8 Å². The van der Waals surface area contributed by atoms with Crippen LogP contribution in [0.2, 0.25) is 5.02 Å². The minimum absolute atomic E-state index is 0.000382. The van der Waals surface area contributed by atoms with Gasteiger partial charge in [-0.15, -0.1) is 0 Å². The normalized spacial score (nSPS) is 11.5. The summed E-state index contributed by atoms with van der Waals surface area (Å²) in [5, 5.41) is 11.0. The fourth-order valence-electron chi connectivity index (χ4n) is 2.93. The SMILES string of the molecule is CCOC(=O)C(=O)/C=C(\O)c1cn(Cc2ccc(F)cc2)c2cc(Cl)ccc2c1=O. The van der Waals surface area contributed by atoms with Gasteiger partial charge >= 0.3 is 5.97 Å². The van der Waals surface area contributed by atoms with Crippen molar-refractivity contribution in [3.05, 3.63) is 86.9 Å². The van der Waals surface area contributed by atoms with Gasteiger partial charge in [0.05, 0.1) is 17.7 Å². The maximum Gasteiger partial charge on any atom is 0.379 e. The Morgan fingerprint density at radius 2 is 1.90 bits per heavy atom. The van der Waals surface area contributed by atoms with Crippen LogP contribution in [0.4, 0.5) is 4.39 Å². The maximum atomic E-state index is 13.2. The van der Waals surface area contributed by atoms with Crippen LogP contribution in [0.15, 0.2) is 59.5 Å². The van der Waals surface area contributed by atoms with Crippen LogP contribution in [0.5, 0.6) is 0 Å². The van der Waals surface area contributed by atoms with Gasteiger partial charge < -0.3 is 14.4 Å². The van der Waals surface area contributed by atoms with Crippen molar-refractivity contribution in [3.8, 4) is 0 Å². The molecule has 1 aromatic heterocycles. The lowest BCUT2D eigenvalue weighted by molar-refractivity contribution is -0.151. The van der Waals surface area contributed by atoms with Crippen molar-refractivity contribution in [2.75, 3.05) is 6.61 Å². The standard InChI is InChI=1S/C22H17ClFNO5/c1-2-30-22(29)20(27)10-19(26)17-12-25(11-13-3-6-15(24)7-4-13)18-9-14(23)5-8-16(18)21(17)28/h3-10,12,26H,2,11H2,1H3/b19-10-. The number of fused-ring (bicyclic) bond motifs is 1. The van der Waals surface area contributed by atoms with Crippen molar-refractivity contribution >= 4 is 40.0 Å². The van der Waals surface area contributed by atoms with E-state index in [9.17, 15) is 23.9 Å². The first-order chi connectivity index (χ1) is 14.3. The molecule has 0 atom stereocenters. The second kappa shape index (κ2) is 8.92. The van der Waals surface area contributed by atoms with E-state index < -0.39 is 22.9 Å².